The van der Waals surface area contributed by atoms with Crippen LogP contribution in [-0.4, -0.2) is 178 Å². The molecule has 4 aliphatic rings. The Bertz CT molecular complexity index is 5550. The van der Waals surface area contributed by atoms with Gasteiger partial charge in [0.1, 0.15) is 36.1 Å². The van der Waals surface area contributed by atoms with Crippen molar-refractivity contribution in [3.8, 4) is 17.2 Å². The SMILES string of the molecule is CC(C)(C)C(=O)Cl.COc1ccc([C@@H](C(=O)N2C(=O)OC[C@@H]2Cc2ccccc2)C(C)(C)O)cc1Br.COc1ccc([C@@H](CN=[N+]=[N-])C(C)(C)O)cc1Br.COc1ccc([C@@H](CO)C(C)(C)O)cc1Br.Cc1ccc(CC(=O)N2C(=O)OC[C@@H]2Cc2ccccc2)cc1Br.Cc1ccc(CC(=O)O)cc1Br.Cc1ccc([C@H]2CNC(=O)OC2(C)C)cc1Br.O=C1C[C@@H](Cc2ccccc2)CO1. The highest BCUT2D eigenvalue weighted by molar-refractivity contribution is 9.11. The second-order valence-corrected chi connectivity index (χ2v) is 41.4. The van der Waals surface area contributed by atoms with E-state index in [2.05, 4.69) is 148 Å². The van der Waals surface area contributed by atoms with E-state index >= 15 is 0 Å². The summed E-state index contributed by atoms with van der Waals surface area (Å²) >= 11 is 25.7. The van der Waals surface area contributed by atoms with Crippen molar-refractivity contribution in [3.63, 3.8) is 0 Å². The largest absolute Gasteiger partial charge is 0.496 e. The molecule has 6 N–H and O–H groups in total. The lowest BCUT2D eigenvalue weighted by atomic mass is 9.83. The first kappa shape index (κ1) is 115. The van der Waals surface area contributed by atoms with Gasteiger partial charge < -0.3 is 64.0 Å². The molecule has 4 heterocycles. The number of esters is 1. The van der Waals surface area contributed by atoms with E-state index in [1.165, 1.54) is 21.6 Å². The van der Waals surface area contributed by atoms with Crippen LogP contribution in [0.5, 0.6) is 17.2 Å². The summed E-state index contributed by atoms with van der Waals surface area (Å²) in [5.41, 5.74) is 16.2. The number of nitrogens with one attached hydrogen (secondary N) is 1. The number of halogens is 7. The van der Waals surface area contributed by atoms with Crippen LogP contribution in [0.4, 0.5) is 14.4 Å². The maximum Gasteiger partial charge on any atom is 0.417 e. The first-order valence-corrected chi connectivity index (χ1v) is 48.7. The lowest BCUT2D eigenvalue weighted by Gasteiger charge is -2.38. The molecule has 4 saturated heterocycles. The summed E-state index contributed by atoms with van der Waals surface area (Å²) in [5, 5.41) is 54.7. The fraction of sp³-hybridized carbons (Fsp3) is 0.398. The number of ether oxygens (including phenoxy) is 7. The number of aliphatic carboxylic acids is 1. The highest BCUT2D eigenvalue weighted by atomic mass is 79.9. The van der Waals surface area contributed by atoms with E-state index in [1.807, 2.05) is 179 Å². The summed E-state index contributed by atoms with van der Waals surface area (Å²) in [5.74, 6) is -0.490. The number of hydrogen-bond donors (Lipinski definition) is 6. The minimum Gasteiger partial charge on any atom is -0.496 e. The quantitative estimate of drug-likeness (QED) is 0.00817. The van der Waals surface area contributed by atoms with E-state index < -0.39 is 58.4 Å². The summed E-state index contributed by atoms with van der Waals surface area (Å²) in [6.07, 6.45) is 1.32. The first-order valence-electron chi connectivity index (χ1n) is 43.5. The van der Waals surface area contributed by atoms with E-state index in [9.17, 15) is 58.8 Å². The molecule has 4 fully saturated rings. The number of aliphatic hydroxyl groups excluding tert-OH is 1. The smallest absolute Gasteiger partial charge is 0.417 e. The van der Waals surface area contributed by atoms with Gasteiger partial charge in [0.25, 0.3) is 0 Å². The minimum atomic E-state index is -1.40. The van der Waals surface area contributed by atoms with Gasteiger partial charge in [0.15, 0.2) is 0 Å². The van der Waals surface area contributed by atoms with E-state index in [0.717, 1.165) is 89.7 Å². The van der Waals surface area contributed by atoms with Crippen molar-refractivity contribution in [2.45, 2.75) is 194 Å². The van der Waals surface area contributed by atoms with Gasteiger partial charge in [0.05, 0.1) is 102 Å². The molecule has 0 saturated carbocycles. The van der Waals surface area contributed by atoms with Gasteiger partial charge in [-0.3, -0.25) is 24.0 Å². The van der Waals surface area contributed by atoms with Gasteiger partial charge in [0.2, 0.25) is 17.1 Å². The number of alkyl carbamates (subject to hydrolysis) is 1. The predicted molar refractivity (Wildman–Crippen MR) is 547 cm³/mol. The van der Waals surface area contributed by atoms with Crippen molar-refractivity contribution in [2.24, 2.45) is 16.4 Å². The Morgan fingerprint density at radius 2 is 0.926 bits per heavy atom. The van der Waals surface area contributed by atoms with Crippen LogP contribution < -0.4 is 19.5 Å². The van der Waals surface area contributed by atoms with Crippen molar-refractivity contribution < 1.29 is 97.0 Å². The molecule has 0 unspecified atom stereocenters. The van der Waals surface area contributed by atoms with Gasteiger partial charge in [-0.25, -0.2) is 24.2 Å². The van der Waals surface area contributed by atoms with Crippen molar-refractivity contribution in [2.75, 3.05) is 60.8 Å². The zero-order chi connectivity index (χ0) is 101. The Kier molecular flexibility index (Phi) is 45.9. The van der Waals surface area contributed by atoms with Gasteiger partial charge in [0, 0.05) is 60.5 Å². The number of aryl methyl sites for hydroxylation is 3. The molecule has 0 radical (unpaired) electrons. The summed E-state index contributed by atoms with van der Waals surface area (Å²) in [6, 6.07) is 62.8. The molecule has 0 spiro atoms. The fourth-order valence-corrected chi connectivity index (χ4v) is 17.4. The molecular weight excluding hydrogens is 2160 g/mol. The highest BCUT2D eigenvalue weighted by Crippen LogP contribution is 2.41. The van der Waals surface area contributed by atoms with Crippen LogP contribution >= 0.6 is 107 Å². The monoisotopic (exact) mass is 2270 g/mol. The van der Waals surface area contributed by atoms with Gasteiger partial charge in [-0.05, 0) is 282 Å². The molecule has 4 aliphatic heterocycles. The molecule has 136 heavy (non-hydrogen) atoms. The summed E-state index contributed by atoms with van der Waals surface area (Å²) in [4.78, 5) is 98.3. The topological polar surface area (TPSA) is 370 Å². The Morgan fingerprint density at radius 3 is 1.30 bits per heavy atom. The Morgan fingerprint density at radius 1 is 0.522 bits per heavy atom. The molecule has 26 nitrogen and oxygen atoms in total. The van der Waals surface area contributed by atoms with Crippen molar-refractivity contribution >= 4 is 154 Å². The molecule has 0 aliphatic carbocycles. The van der Waals surface area contributed by atoms with E-state index in [-0.39, 0.29) is 91.6 Å². The highest BCUT2D eigenvalue weighted by Gasteiger charge is 2.47. The van der Waals surface area contributed by atoms with Gasteiger partial charge >= 0.3 is 30.2 Å². The van der Waals surface area contributed by atoms with Crippen LogP contribution in [0.1, 0.15) is 173 Å². The number of carbonyl (C=O) groups is 8. The number of carboxylic acid groups (broad SMARTS) is 1. The number of carboxylic acids is 1. The van der Waals surface area contributed by atoms with Crippen LogP contribution in [0.2, 0.25) is 0 Å². The normalized spacial score (nSPS) is 16.4. The Hall–Kier alpha value is -9.54. The summed E-state index contributed by atoms with van der Waals surface area (Å²) in [6.45, 7) is 26.8. The van der Waals surface area contributed by atoms with Crippen LogP contribution in [0.3, 0.4) is 0 Å². The number of hydrogen-bond acceptors (Lipinski definition) is 20. The molecule has 9 aromatic rings. The van der Waals surface area contributed by atoms with Gasteiger partial charge in [-0.1, -0.05) is 219 Å². The molecular formula is C103H121Br6ClN6O20. The second kappa shape index (κ2) is 54.1. The molecule has 7 atom stereocenters. The van der Waals surface area contributed by atoms with E-state index in [1.54, 1.807) is 102 Å². The van der Waals surface area contributed by atoms with Crippen LogP contribution in [0, 0.1) is 32.1 Å². The zero-order valence-electron chi connectivity index (χ0n) is 79.3. The molecule has 0 bridgehead atoms. The molecule has 5 amide bonds. The molecule has 33 heteroatoms. The second-order valence-electron chi connectivity index (χ2n) is 35.9. The number of rotatable bonds is 24. The average molecular weight is 2280 g/mol. The van der Waals surface area contributed by atoms with Crippen molar-refractivity contribution in [3.05, 3.63) is 304 Å². The van der Waals surface area contributed by atoms with Crippen LogP contribution in [-0.2, 0) is 75.0 Å². The number of cyclic esters (lactones) is 4. The third kappa shape index (κ3) is 36.7. The van der Waals surface area contributed by atoms with E-state index in [0.29, 0.717) is 54.1 Å². The number of benzene rings is 9. The number of amides is 5. The van der Waals surface area contributed by atoms with Crippen molar-refractivity contribution in [1.82, 2.24) is 15.1 Å². The molecule has 9 aromatic carbocycles. The predicted octanol–water partition coefficient (Wildman–Crippen LogP) is 23.1. The lowest BCUT2D eigenvalue weighted by Crippen LogP contribution is -2.49. The third-order valence-corrected chi connectivity index (χ3v) is 27.2. The lowest BCUT2D eigenvalue weighted by molar-refractivity contribution is -0.138. The van der Waals surface area contributed by atoms with Crippen molar-refractivity contribution in [1.29, 1.82) is 0 Å². The molecule has 13 rings (SSSR count). The number of aliphatic hydroxyl groups is 4. The molecule has 0 aromatic heterocycles. The van der Waals surface area contributed by atoms with Crippen LogP contribution in [0.15, 0.2) is 232 Å². The number of imide groups is 2. The Balaban J connectivity index is 0.000000245. The fourth-order valence-electron chi connectivity index (χ4n) is 14.5. The summed E-state index contributed by atoms with van der Waals surface area (Å²) < 4.78 is 41.3. The minimum absolute atomic E-state index is 0.0547. The maximum absolute atomic E-state index is 13.5. The number of carbonyl (C=O) groups excluding carboxylic acids is 7. The third-order valence-electron chi connectivity index (χ3n) is 22.2. The molecule has 732 valence electrons. The van der Waals surface area contributed by atoms with Crippen LogP contribution in [0.25, 0.3) is 10.4 Å². The number of nitrogens with zero attached hydrogens (tertiary/aromatic N) is 5. The zero-order valence-corrected chi connectivity index (χ0v) is 89.6. The standard InChI is InChI=1S/C22H24BrNO5.C19H18BrNO3.C13H16BrNO2.C12H16BrN3O2.C12H17BrO3.C11H12O2.C9H9BrO2.C5H9ClO/c1-22(2,27)19(15-9-10-18(28-3)17(23)12-15)20(25)24-16(13-29-21(24)26)11-14-7-5-4-6-8-14;1-13-7-8-15(10-17(13)20)11-18(22)21-16(12-24-19(21)23)9-14-5-3-2-4-6-14;1-8-4-5-9(6-11(8)14)10-7-15-12(16)17-13(10,2)3;1-12(2,17)9(7-15-16-14)8-4-5-11(18-3)10(13)6-8;1-12(2,15)9(7-14)8-4-5-11(16-3)10(13)6-8;12-11-7-10(8-13-11)6-9-4-2-1-3-5-9;1-6-2-3-7(4-8(6)10)5-9(11)12;1-5(2,3)4(6)7/h4-10,12,16,19,27H,11,13H2,1-3H3;2-8,10,16H,9,11-12H2,1H3;4-6,10H,7H2,1-3H3,(H,15,16);4-6,9,17H,7H2,1-3H3;4-6,9,14-15H,7H2,1-3H3;1-5,10H,6-8H2;2-4H,5H2,1H3,(H,11,12);1-3H3/t16-,19-;16-;10-;2*9-;10-;;/m001111../s1. The number of methoxy groups -OCH3 is 3. The first-order chi connectivity index (χ1) is 63.8. The Labute approximate surface area is 852 Å². The summed E-state index contributed by atoms with van der Waals surface area (Å²) in [7, 11) is 4.74. The number of azide groups is 1. The van der Waals surface area contributed by atoms with Gasteiger partial charge in [-0.2, -0.15) is 0 Å². The maximum atomic E-state index is 13.5. The average Bonchev–Trinajstić information content (AvgIpc) is 1.53. The van der Waals surface area contributed by atoms with Gasteiger partial charge in [-0.15, -0.1) is 0 Å². The van der Waals surface area contributed by atoms with E-state index in [4.69, 9.17) is 55.4 Å².